The third kappa shape index (κ3) is 13.1. The molecule has 0 aromatic heterocycles. The molecule has 0 saturated heterocycles. The van der Waals surface area contributed by atoms with Crippen LogP contribution in [0.3, 0.4) is 0 Å². The number of hydrogen-bond acceptors (Lipinski definition) is 3. The highest BCUT2D eigenvalue weighted by atomic mass is 16.5. The number of carboxylic acids is 1. The van der Waals surface area contributed by atoms with Gasteiger partial charge >= 0.3 is 11.9 Å². The van der Waals surface area contributed by atoms with Gasteiger partial charge in [-0.15, -0.1) is 0 Å². The van der Waals surface area contributed by atoms with Crippen molar-refractivity contribution in [2.45, 2.75) is 103 Å². The topological polar surface area (TPSA) is 63.6 Å². The van der Waals surface area contributed by atoms with E-state index in [-0.39, 0.29) is 5.56 Å². The summed E-state index contributed by atoms with van der Waals surface area (Å²) in [5, 5.41) is 8.96. The van der Waals surface area contributed by atoms with E-state index in [4.69, 9.17) is 9.84 Å². The number of carboxylic acid groups (broad SMARTS) is 1. The van der Waals surface area contributed by atoms with Crippen LogP contribution in [0.15, 0.2) is 24.3 Å². The van der Waals surface area contributed by atoms with Gasteiger partial charge < -0.3 is 9.84 Å². The predicted molar refractivity (Wildman–Crippen MR) is 119 cm³/mol. The van der Waals surface area contributed by atoms with E-state index in [9.17, 15) is 9.59 Å². The van der Waals surface area contributed by atoms with Crippen LogP contribution in [0.5, 0.6) is 0 Å². The molecule has 0 saturated carbocycles. The van der Waals surface area contributed by atoms with E-state index >= 15 is 0 Å². The molecule has 0 fully saturated rings. The number of benzene rings is 1. The lowest BCUT2D eigenvalue weighted by atomic mass is 10.0. The molecule has 0 aliphatic carbocycles. The van der Waals surface area contributed by atoms with Crippen LogP contribution in [0.4, 0.5) is 0 Å². The fraction of sp³-hybridized carbons (Fsp3) is 0.680. The summed E-state index contributed by atoms with van der Waals surface area (Å²) in [6.45, 7) is 2.66. The van der Waals surface area contributed by atoms with Crippen LogP contribution in [0.25, 0.3) is 0 Å². The summed E-state index contributed by atoms with van der Waals surface area (Å²) in [6.07, 6.45) is 19.5. The van der Waals surface area contributed by atoms with E-state index in [0.717, 1.165) is 12.8 Å². The molecule has 0 amide bonds. The fourth-order valence-electron chi connectivity index (χ4n) is 3.50. The Bertz CT molecular complexity index is 568. The van der Waals surface area contributed by atoms with Crippen LogP contribution >= 0.6 is 0 Å². The van der Waals surface area contributed by atoms with Crippen molar-refractivity contribution < 1.29 is 19.4 Å². The van der Waals surface area contributed by atoms with Gasteiger partial charge in [0, 0.05) is 0 Å². The van der Waals surface area contributed by atoms with E-state index in [1.54, 1.807) is 12.1 Å². The summed E-state index contributed by atoms with van der Waals surface area (Å²) in [5.41, 5.74) is 0.400. The molecular weight excluding hydrogens is 364 g/mol. The van der Waals surface area contributed by atoms with Crippen molar-refractivity contribution in [3.05, 3.63) is 35.4 Å². The Hall–Kier alpha value is -1.84. The Kier molecular flexibility index (Phi) is 14.8. The summed E-state index contributed by atoms with van der Waals surface area (Å²) < 4.78 is 5.24. The lowest BCUT2D eigenvalue weighted by molar-refractivity contribution is 0.0497. The third-order valence-corrected chi connectivity index (χ3v) is 5.33. The summed E-state index contributed by atoms with van der Waals surface area (Å²) in [7, 11) is 0. The molecule has 0 spiro atoms. The number of aromatic carboxylic acids is 1. The number of carbonyl (C=O) groups excluding carboxylic acids is 1. The molecule has 1 aromatic carbocycles. The Morgan fingerprint density at radius 2 is 1.17 bits per heavy atom. The van der Waals surface area contributed by atoms with Crippen molar-refractivity contribution in [2.24, 2.45) is 0 Å². The van der Waals surface area contributed by atoms with E-state index in [1.165, 1.54) is 95.6 Å². The maximum atomic E-state index is 12.0. The molecule has 0 unspecified atom stereocenters. The lowest BCUT2D eigenvalue weighted by Gasteiger charge is -2.06. The van der Waals surface area contributed by atoms with Crippen LogP contribution in [-0.4, -0.2) is 23.7 Å². The van der Waals surface area contributed by atoms with Gasteiger partial charge in [-0.25, -0.2) is 9.59 Å². The van der Waals surface area contributed by atoms with Gasteiger partial charge in [0.05, 0.1) is 17.7 Å². The predicted octanol–water partition coefficient (Wildman–Crippen LogP) is 7.41. The molecule has 29 heavy (non-hydrogen) atoms. The highest BCUT2D eigenvalue weighted by Gasteiger charge is 2.10. The zero-order chi connectivity index (χ0) is 21.2. The minimum atomic E-state index is -1.04. The Balaban J connectivity index is 1.89. The van der Waals surface area contributed by atoms with E-state index in [1.807, 2.05) is 0 Å². The summed E-state index contributed by atoms with van der Waals surface area (Å²) in [5.74, 6) is -1.49. The molecule has 0 heterocycles. The van der Waals surface area contributed by atoms with Gasteiger partial charge in [-0.3, -0.25) is 0 Å². The van der Waals surface area contributed by atoms with E-state index in [2.05, 4.69) is 6.92 Å². The highest BCUT2D eigenvalue weighted by Crippen LogP contribution is 2.13. The summed E-state index contributed by atoms with van der Waals surface area (Å²) >= 11 is 0. The van der Waals surface area contributed by atoms with Gasteiger partial charge in [-0.1, -0.05) is 103 Å². The number of ether oxygens (including phenoxy) is 1. The molecule has 0 bridgehead atoms. The molecule has 164 valence electrons. The normalized spacial score (nSPS) is 10.8. The second-order valence-electron chi connectivity index (χ2n) is 7.97. The average Bonchev–Trinajstić information content (AvgIpc) is 2.73. The first-order chi connectivity index (χ1) is 14.1. The molecule has 0 aliphatic rings. The largest absolute Gasteiger partial charge is 0.478 e. The Morgan fingerprint density at radius 3 is 1.66 bits per heavy atom. The lowest BCUT2D eigenvalue weighted by Crippen LogP contribution is -2.08. The molecule has 1 N–H and O–H groups in total. The van der Waals surface area contributed by atoms with E-state index in [0.29, 0.717) is 12.2 Å². The smallest absolute Gasteiger partial charge is 0.338 e. The third-order valence-electron chi connectivity index (χ3n) is 5.33. The number of esters is 1. The maximum absolute atomic E-state index is 12.0. The number of carbonyl (C=O) groups is 2. The van der Waals surface area contributed by atoms with Crippen molar-refractivity contribution in [1.29, 1.82) is 0 Å². The molecule has 4 heteroatoms. The van der Waals surface area contributed by atoms with Crippen LogP contribution in [0, 0.1) is 0 Å². The second-order valence-corrected chi connectivity index (χ2v) is 7.97. The van der Waals surface area contributed by atoms with Crippen molar-refractivity contribution in [3.63, 3.8) is 0 Å². The van der Waals surface area contributed by atoms with Crippen molar-refractivity contribution in [3.8, 4) is 0 Å². The van der Waals surface area contributed by atoms with Gasteiger partial charge in [-0.05, 0) is 24.6 Å². The highest BCUT2D eigenvalue weighted by molar-refractivity contribution is 5.94. The van der Waals surface area contributed by atoms with Crippen LogP contribution in [0.1, 0.15) is 124 Å². The number of unbranched alkanes of at least 4 members (excludes halogenated alkanes) is 14. The first kappa shape index (κ1) is 25.2. The first-order valence-electron chi connectivity index (χ1n) is 11.7. The Morgan fingerprint density at radius 1 is 0.724 bits per heavy atom. The molecule has 4 nitrogen and oxygen atoms in total. The average molecular weight is 405 g/mol. The fourth-order valence-corrected chi connectivity index (χ4v) is 3.50. The zero-order valence-corrected chi connectivity index (χ0v) is 18.3. The van der Waals surface area contributed by atoms with Crippen molar-refractivity contribution in [1.82, 2.24) is 0 Å². The SMILES string of the molecule is CCCCCCCCCCCCCCCCCOC(=O)c1cccc(C(=O)O)c1. The van der Waals surface area contributed by atoms with Crippen molar-refractivity contribution in [2.75, 3.05) is 6.61 Å². The number of hydrogen-bond donors (Lipinski definition) is 1. The molecule has 0 radical (unpaired) electrons. The monoisotopic (exact) mass is 404 g/mol. The van der Waals surface area contributed by atoms with Gasteiger partial charge in [0.1, 0.15) is 0 Å². The van der Waals surface area contributed by atoms with E-state index < -0.39 is 11.9 Å². The standard InChI is InChI=1S/C25H40O4/c1-2-3-4-5-6-7-8-9-10-11-12-13-14-15-16-20-29-25(28)23-19-17-18-22(21-23)24(26)27/h17-19,21H,2-16,20H2,1H3,(H,26,27). The first-order valence-corrected chi connectivity index (χ1v) is 11.7. The van der Waals surface area contributed by atoms with Crippen LogP contribution in [0.2, 0.25) is 0 Å². The second kappa shape index (κ2) is 17.1. The quantitative estimate of drug-likeness (QED) is 0.204. The maximum Gasteiger partial charge on any atom is 0.338 e. The molecular formula is C25H40O4. The molecule has 1 rings (SSSR count). The van der Waals surface area contributed by atoms with Crippen LogP contribution in [-0.2, 0) is 4.74 Å². The summed E-state index contributed by atoms with van der Waals surface area (Å²) in [4.78, 5) is 22.9. The van der Waals surface area contributed by atoms with Gasteiger partial charge in [0.25, 0.3) is 0 Å². The molecule has 1 aromatic rings. The van der Waals surface area contributed by atoms with Gasteiger partial charge in [-0.2, -0.15) is 0 Å². The minimum Gasteiger partial charge on any atom is -0.478 e. The van der Waals surface area contributed by atoms with Crippen molar-refractivity contribution >= 4 is 11.9 Å². The van der Waals surface area contributed by atoms with Gasteiger partial charge in [0.15, 0.2) is 0 Å². The molecule has 0 aliphatic heterocycles. The zero-order valence-electron chi connectivity index (χ0n) is 18.3. The summed E-state index contributed by atoms with van der Waals surface area (Å²) in [6, 6.07) is 5.97. The van der Waals surface area contributed by atoms with Gasteiger partial charge in [0.2, 0.25) is 0 Å². The molecule has 0 atom stereocenters. The minimum absolute atomic E-state index is 0.103. The van der Waals surface area contributed by atoms with Crippen LogP contribution < -0.4 is 0 Å². The number of rotatable bonds is 18. The Labute approximate surface area is 177 Å².